The molecule has 1 heterocycles. The first kappa shape index (κ1) is 12.7. The summed E-state index contributed by atoms with van der Waals surface area (Å²) in [5.74, 6) is -1.23. The third-order valence-corrected chi connectivity index (χ3v) is 2.36. The van der Waals surface area contributed by atoms with Gasteiger partial charge in [-0.25, -0.2) is 19.2 Å². The first-order valence-corrected chi connectivity index (χ1v) is 5.25. The highest BCUT2D eigenvalue weighted by Gasteiger charge is 2.13. The molecule has 0 unspecified atom stereocenters. The summed E-state index contributed by atoms with van der Waals surface area (Å²) in [6, 6.07) is 3.86. The van der Waals surface area contributed by atoms with Crippen LogP contribution in [0, 0.1) is 5.82 Å². The molecular formula is C12H10FN3O3. The van der Waals surface area contributed by atoms with E-state index in [0.717, 1.165) is 6.20 Å². The highest BCUT2D eigenvalue weighted by atomic mass is 19.1. The van der Waals surface area contributed by atoms with Crippen LogP contribution in [-0.2, 0) is 0 Å². The van der Waals surface area contributed by atoms with Crippen LogP contribution in [0.5, 0.6) is 5.75 Å². The first-order valence-electron chi connectivity index (χ1n) is 5.25. The first-order chi connectivity index (χ1) is 9.11. The van der Waals surface area contributed by atoms with E-state index in [1.165, 1.54) is 31.6 Å². The number of nitrogens with one attached hydrogen (secondary N) is 1. The molecule has 2 aromatic rings. The van der Waals surface area contributed by atoms with E-state index in [1.54, 1.807) is 0 Å². The SMILES string of the molecule is COc1ccc(F)cc1Nc1ncncc1C(=O)O. The van der Waals surface area contributed by atoms with Gasteiger partial charge in [-0.2, -0.15) is 0 Å². The molecule has 0 fully saturated rings. The average molecular weight is 263 g/mol. The fourth-order valence-corrected chi connectivity index (χ4v) is 1.49. The zero-order chi connectivity index (χ0) is 13.8. The molecule has 7 heteroatoms. The van der Waals surface area contributed by atoms with Gasteiger partial charge in [-0.15, -0.1) is 0 Å². The standard InChI is InChI=1S/C12H10FN3O3/c1-19-10-3-2-7(13)4-9(10)16-11-8(12(17)18)5-14-6-15-11/h2-6H,1H3,(H,17,18)(H,14,15,16). The van der Waals surface area contributed by atoms with E-state index in [4.69, 9.17) is 9.84 Å². The van der Waals surface area contributed by atoms with Gasteiger partial charge in [0.15, 0.2) is 0 Å². The van der Waals surface area contributed by atoms with Crippen molar-refractivity contribution >= 4 is 17.5 Å². The smallest absolute Gasteiger partial charge is 0.341 e. The van der Waals surface area contributed by atoms with Crippen molar-refractivity contribution in [3.05, 3.63) is 42.1 Å². The molecular weight excluding hydrogens is 253 g/mol. The molecule has 0 radical (unpaired) electrons. The van der Waals surface area contributed by atoms with E-state index in [9.17, 15) is 9.18 Å². The van der Waals surface area contributed by atoms with E-state index in [0.29, 0.717) is 5.75 Å². The fourth-order valence-electron chi connectivity index (χ4n) is 1.49. The zero-order valence-corrected chi connectivity index (χ0v) is 9.92. The number of methoxy groups -OCH3 is 1. The van der Waals surface area contributed by atoms with Crippen molar-refractivity contribution in [1.29, 1.82) is 0 Å². The quantitative estimate of drug-likeness (QED) is 0.878. The number of aromatic nitrogens is 2. The zero-order valence-electron chi connectivity index (χ0n) is 9.92. The molecule has 0 atom stereocenters. The minimum absolute atomic E-state index is 0.0615. The van der Waals surface area contributed by atoms with Crippen LogP contribution >= 0.6 is 0 Å². The molecule has 0 aliphatic heterocycles. The third-order valence-electron chi connectivity index (χ3n) is 2.36. The lowest BCUT2D eigenvalue weighted by Crippen LogP contribution is -2.06. The number of carboxylic acids is 1. The topological polar surface area (TPSA) is 84.3 Å². The molecule has 6 nitrogen and oxygen atoms in total. The molecule has 98 valence electrons. The molecule has 0 amide bonds. The maximum absolute atomic E-state index is 13.2. The van der Waals surface area contributed by atoms with Gasteiger partial charge in [0.25, 0.3) is 0 Å². The Bertz CT molecular complexity index is 619. The van der Waals surface area contributed by atoms with Gasteiger partial charge in [0, 0.05) is 12.3 Å². The summed E-state index contributed by atoms with van der Waals surface area (Å²) in [6.07, 6.45) is 2.35. The minimum Gasteiger partial charge on any atom is -0.495 e. The van der Waals surface area contributed by atoms with Crippen LogP contribution < -0.4 is 10.1 Å². The summed E-state index contributed by atoms with van der Waals surface area (Å²) in [5, 5.41) is 11.7. The maximum Gasteiger partial charge on any atom is 0.341 e. The Labute approximate surface area is 107 Å². The molecule has 1 aromatic carbocycles. The number of carboxylic acid groups (broad SMARTS) is 1. The van der Waals surface area contributed by atoms with Crippen molar-refractivity contribution in [1.82, 2.24) is 9.97 Å². The lowest BCUT2D eigenvalue weighted by atomic mass is 10.2. The largest absolute Gasteiger partial charge is 0.495 e. The van der Waals surface area contributed by atoms with Gasteiger partial charge in [-0.1, -0.05) is 0 Å². The summed E-state index contributed by atoms with van der Waals surface area (Å²) in [6.45, 7) is 0. The summed E-state index contributed by atoms with van der Waals surface area (Å²) in [4.78, 5) is 18.5. The normalized spacial score (nSPS) is 10.0. The molecule has 19 heavy (non-hydrogen) atoms. The maximum atomic E-state index is 13.2. The van der Waals surface area contributed by atoms with Crippen molar-refractivity contribution in [2.24, 2.45) is 0 Å². The predicted molar refractivity (Wildman–Crippen MR) is 65.2 cm³/mol. The molecule has 0 aliphatic rings. The van der Waals surface area contributed by atoms with Gasteiger partial charge in [0.2, 0.25) is 0 Å². The summed E-state index contributed by atoms with van der Waals surface area (Å²) in [7, 11) is 1.43. The van der Waals surface area contributed by atoms with Gasteiger partial charge < -0.3 is 15.2 Å². The summed E-state index contributed by atoms with van der Waals surface area (Å²) < 4.78 is 18.3. The Kier molecular flexibility index (Phi) is 3.56. The average Bonchev–Trinajstić information content (AvgIpc) is 2.39. The Hall–Kier alpha value is -2.70. The molecule has 0 saturated heterocycles. The Morgan fingerprint density at radius 3 is 2.95 bits per heavy atom. The molecule has 0 spiro atoms. The number of ether oxygens (including phenoxy) is 1. The number of hydrogen-bond donors (Lipinski definition) is 2. The number of benzene rings is 1. The number of carbonyl (C=O) groups is 1. The summed E-state index contributed by atoms with van der Waals surface area (Å²) >= 11 is 0. The van der Waals surface area contributed by atoms with E-state index in [-0.39, 0.29) is 17.1 Å². The number of aromatic carboxylic acids is 1. The van der Waals surface area contributed by atoms with Gasteiger partial charge in [-0.3, -0.25) is 0 Å². The van der Waals surface area contributed by atoms with Gasteiger partial charge >= 0.3 is 5.97 Å². The highest BCUT2D eigenvalue weighted by molar-refractivity contribution is 5.93. The van der Waals surface area contributed by atoms with Crippen LogP contribution in [0.3, 0.4) is 0 Å². The number of anilines is 2. The van der Waals surface area contributed by atoms with Crippen LogP contribution in [0.25, 0.3) is 0 Å². The molecule has 0 bridgehead atoms. The van der Waals surface area contributed by atoms with E-state index in [1.807, 2.05) is 0 Å². The second-order valence-electron chi connectivity index (χ2n) is 3.56. The van der Waals surface area contributed by atoms with Gasteiger partial charge in [-0.05, 0) is 12.1 Å². The molecule has 0 saturated carbocycles. The van der Waals surface area contributed by atoms with E-state index < -0.39 is 11.8 Å². The van der Waals surface area contributed by atoms with E-state index in [2.05, 4.69) is 15.3 Å². The van der Waals surface area contributed by atoms with E-state index >= 15 is 0 Å². The molecule has 1 aromatic heterocycles. The Balaban J connectivity index is 2.41. The van der Waals surface area contributed by atoms with Gasteiger partial charge in [0.1, 0.15) is 29.3 Å². The van der Waals surface area contributed by atoms with Crippen LogP contribution in [0.1, 0.15) is 10.4 Å². The summed E-state index contributed by atoms with van der Waals surface area (Å²) in [5.41, 5.74) is 0.164. The second-order valence-corrected chi connectivity index (χ2v) is 3.56. The van der Waals surface area contributed by atoms with Crippen LogP contribution in [0.4, 0.5) is 15.9 Å². The van der Waals surface area contributed by atoms with Crippen molar-refractivity contribution in [3.63, 3.8) is 0 Å². The predicted octanol–water partition coefficient (Wildman–Crippen LogP) is 2.07. The minimum atomic E-state index is -1.18. The van der Waals surface area contributed by atoms with Crippen LogP contribution in [0.15, 0.2) is 30.7 Å². The highest BCUT2D eigenvalue weighted by Crippen LogP contribution is 2.28. The third kappa shape index (κ3) is 2.76. The molecule has 2 rings (SSSR count). The number of nitrogens with zero attached hydrogens (tertiary/aromatic N) is 2. The number of halogens is 1. The van der Waals surface area contributed by atoms with Crippen molar-refractivity contribution < 1.29 is 19.0 Å². The Morgan fingerprint density at radius 1 is 1.47 bits per heavy atom. The van der Waals surface area contributed by atoms with Gasteiger partial charge in [0.05, 0.1) is 12.8 Å². The lowest BCUT2D eigenvalue weighted by molar-refractivity contribution is 0.0697. The van der Waals surface area contributed by atoms with Crippen LogP contribution in [-0.4, -0.2) is 28.2 Å². The monoisotopic (exact) mass is 263 g/mol. The molecule has 2 N–H and O–H groups in total. The van der Waals surface area contributed by atoms with Crippen molar-refractivity contribution in [2.75, 3.05) is 12.4 Å². The van der Waals surface area contributed by atoms with Crippen molar-refractivity contribution in [2.45, 2.75) is 0 Å². The second kappa shape index (κ2) is 5.30. The fraction of sp³-hybridized carbons (Fsp3) is 0.0833. The Morgan fingerprint density at radius 2 is 2.26 bits per heavy atom. The van der Waals surface area contributed by atoms with Crippen molar-refractivity contribution in [3.8, 4) is 5.75 Å². The molecule has 0 aliphatic carbocycles. The number of hydrogen-bond acceptors (Lipinski definition) is 5. The number of rotatable bonds is 4. The lowest BCUT2D eigenvalue weighted by Gasteiger charge is -2.11. The van der Waals surface area contributed by atoms with Crippen LogP contribution in [0.2, 0.25) is 0 Å².